The Morgan fingerprint density at radius 1 is 1.62 bits per heavy atom. The average Bonchev–Trinajstić information content (AvgIpc) is 2.08. The fraction of sp³-hybridized carbons (Fsp3) is 0.750. The first-order valence-corrected chi connectivity index (χ1v) is 4.09. The number of amides is 2. The number of carbonyl (C=O) groups excluding carboxylic acids is 2. The van der Waals surface area contributed by atoms with Crippen molar-refractivity contribution in [3.8, 4) is 0 Å². The molecule has 0 atom stereocenters. The second-order valence-corrected chi connectivity index (χ2v) is 3.65. The van der Waals surface area contributed by atoms with Crippen LogP contribution in [0.5, 0.6) is 0 Å². The summed E-state index contributed by atoms with van der Waals surface area (Å²) >= 11 is 0. The average molecular weight is 186 g/mol. The van der Waals surface area contributed by atoms with Gasteiger partial charge in [-0.2, -0.15) is 0 Å². The fourth-order valence-electron chi connectivity index (χ4n) is 1.25. The van der Waals surface area contributed by atoms with Crippen molar-refractivity contribution in [1.82, 2.24) is 10.2 Å². The molecule has 74 valence electrons. The molecule has 5 nitrogen and oxygen atoms in total. The fourth-order valence-corrected chi connectivity index (χ4v) is 1.25. The van der Waals surface area contributed by atoms with E-state index < -0.39 is 6.09 Å². The van der Waals surface area contributed by atoms with E-state index in [4.69, 9.17) is 0 Å². The first-order valence-electron chi connectivity index (χ1n) is 4.09. The van der Waals surface area contributed by atoms with Gasteiger partial charge in [0.25, 0.3) is 0 Å². The van der Waals surface area contributed by atoms with Gasteiger partial charge in [-0.15, -0.1) is 0 Å². The summed E-state index contributed by atoms with van der Waals surface area (Å²) < 4.78 is 4.58. The van der Waals surface area contributed by atoms with Crippen LogP contribution < -0.4 is 5.32 Å². The van der Waals surface area contributed by atoms with Crippen LogP contribution in [0.25, 0.3) is 0 Å². The Hall–Kier alpha value is -1.26. The molecule has 13 heavy (non-hydrogen) atoms. The van der Waals surface area contributed by atoms with Gasteiger partial charge >= 0.3 is 6.09 Å². The van der Waals surface area contributed by atoms with Gasteiger partial charge in [-0.25, -0.2) is 4.79 Å². The Labute approximate surface area is 77.0 Å². The zero-order chi connectivity index (χ0) is 10.1. The topological polar surface area (TPSA) is 58.6 Å². The number of rotatable bonds is 0. The van der Waals surface area contributed by atoms with E-state index in [0.29, 0.717) is 6.54 Å². The molecule has 0 unspecified atom stereocenters. The van der Waals surface area contributed by atoms with Crippen molar-refractivity contribution in [3.63, 3.8) is 0 Å². The molecule has 5 heteroatoms. The number of hydrogen-bond acceptors (Lipinski definition) is 3. The van der Waals surface area contributed by atoms with Gasteiger partial charge in [-0.05, 0) is 13.8 Å². The van der Waals surface area contributed by atoms with E-state index in [0.717, 1.165) is 0 Å². The summed E-state index contributed by atoms with van der Waals surface area (Å²) in [5, 5.41) is 2.69. The van der Waals surface area contributed by atoms with Crippen molar-refractivity contribution in [2.75, 3.05) is 20.2 Å². The summed E-state index contributed by atoms with van der Waals surface area (Å²) in [7, 11) is 1.31. The van der Waals surface area contributed by atoms with E-state index in [1.54, 1.807) is 0 Å². The summed E-state index contributed by atoms with van der Waals surface area (Å²) in [6.07, 6.45) is -0.458. The molecular weight excluding hydrogens is 172 g/mol. The predicted octanol–water partition coefficient (Wildman–Crippen LogP) is -0.0368. The maximum absolute atomic E-state index is 11.3. The van der Waals surface area contributed by atoms with Crippen molar-refractivity contribution in [2.45, 2.75) is 19.4 Å². The van der Waals surface area contributed by atoms with Crippen LogP contribution in [0.1, 0.15) is 13.8 Å². The molecule has 0 spiro atoms. The largest absolute Gasteiger partial charge is 0.453 e. The zero-order valence-corrected chi connectivity index (χ0v) is 8.09. The number of hydrogen-bond donors (Lipinski definition) is 1. The molecule has 1 N–H and O–H groups in total. The summed E-state index contributed by atoms with van der Waals surface area (Å²) in [4.78, 5) is 23.7. The first-order chi connectivity index (χ1) is 5.97. The van der Waals surface area contributed by atoms with E-state index in [-0.39, 0.29) is 18.0 Å². The molecule has 1 rings (SSSR count). The molecule has 0 aliphatic carbocycles. The Kier molecular flexibility index (Phi) is 2.45. The summed E-state index contributed by atoms with van der Waals surface area (Å²) in [6, 6.07) is 0. The molecule has 0 aromatic heterocycles. The number of nitrogens with zero attached hydrogens (tertiary/aromatic N) is 1. The maximum Gasteiger partial charge on any atom is 0.410 e. The lowest BCUT2D eigenvalue weighted by Gasteiger charge is -2.40. The molecule has 0 aromatic rings. The highest BCUT2D eigenvalue weighted by atomic mass is 16.5. The number of nitrogens with one attached hydrogen (secondary N) is 1. The van der Waals surface area contributed by atoms with Crippen LogP contribution in [0.3, 0.4) is 0 Å². The summed E-state index contributed by atoms with van der Waals surface area (Å²) in [5.41, 5.74) is -0.374. The van der Waals surface area contributed by atoms with Gasteiger partial charge < -0.3 is 10.1 Å². The van der Waals surface area contributed by atoms with Gasteiger partial charge in [0.15, 0.2) is 0 Å². The highest BCUT2D eigenvalue weighted by Crippen LogP contribution is 2.17. The van der Waals surface area contributed by atoms with E-state index in [1.165, 1.54) is 12.0 Å². The van der Waals surface area contributed by atoms with Crippen LogP contribution in [-0.4, -0.2) is 42.6 Å². The standard InChI is InChI=1S/C8H14N2O3/c1-8(2)5-9-6(11)4-10(8)7(12)13-3/h4-5H2,1-3H3,(H,9,11). The monoisotopic (exact) mass is 186 g/mol. The summed E-state index contributed by atoms with van der Waals surface area (Å²) in [5.74, 6) is -0.148. The van der Waals surface area contributed by atoms with Crippen LogP contribution >= 0.6 is 0 Å². The Bertz CT molecular complexity index is 238. The van der Waals surface area contributed by atoms with Gasteiger partial charge in [0.2, 0.25) is 5.91 Å². The molecule has 2 amide bonds. The first kappa shape index (κ1) is 9.83. The number of ether oxygens (including phenoxy) is 1. The maximum atomic E-state index is 11.3. The minimum absolute atomic E-state index is 0.0691. The molecule has 1 aliphatic heterocycles. The van der Waals surface area contributed by atoms with Crippen molar-refractivity contribution in [2.24, 2.45) is 0 Å². The van der Waals surface area contributed by atoms with E-state index in [9.17, 15) is 9.59 Å². The molecule has 0 aromatic carbocycles. The minimum atomic E-state index is -0.458. The van der Waals surface area contributed by atoms with Crippen molar-refractivity contribution >= 4 is 12.0 Å². The Morgan fingerprint density at radius 3 is 2.77 bits per heavy atom. The molecule has 1 saturated heterocycles. The van der Waals surface area contributed by atoms with Crippen molar-refractivity contribution in [1.29, 1.82) is 0 Å². The van der Waals surface area contributed by atoms with Gasteiger partial charge in [0, 0.05) is 6.54 Å². The van der Waals surface area contributed by atoms with Crippen molar-refractivity contribution < 1.29 is 14.3 Å². The number of methoxy groups -OCH3 is 1. The zero-order valence-electron chi connectivity index (χ0n) is 8.09. The van der Waals surface area contributed by atoms with E-state index in [2.05, 4.69) is 10.1 Å². The third-order valence-electron chi connectivity index (χ3n) is 2.15. The normalized spacial score (nSPS) is 20.8. The SMILES string of the molecule is COC(=O)N1CC(=O)NCC1(C)C. The van der Waals surface area contributed by atoms with Crippen molar-refractivity contribution in [3.05, 3.63) is 0 Å². The van der Waals surface area contributed by atoms with Crippen LogP contribution in [0.4, 0.5) is 4.79 Å². The van der Waals surface area contributed by atoms with Crippen LogP contribution in [0.15, 0.2) is 0 Å². The second-order valence-electron chi connectivity index (χ2n) is 3.65. The predicted molar refractivity (Wildman–Crippen MR) is 46.2 cm³/mol. The van der Waals surface area contributed by atoms with Crippen LogP contribution in [0.2, 0.25) is 0 Å². The number of piperazine rings is 1. The third-order valence-corrected chi connectivity index (χ3v) is 2.15. The van der Waals surface area contributed by atoms with Gasteiger partial charge in [0.1, 0.15) is 6.54 Å². The lowest BCUT2D eigenvalue weighted by molar-refractivity contribution is -0.126. The lowest BCUT2D eigenvalue weighted by atomic mass is 10.0. The number of carbonyl (C=O) groups is 2. The molecule has 0 bridgehead atoms. The van der Waals surface area contributed by atoms with Gasteiger partial charge in [-0.3, -0.25) is 9.69 Å². The lowest BCUT2D eigenvalue weighted by Crippen LogP contribution is -2.62. The molecule has 0 radical (unpaired) electrons. The minimum Gasteiger partial charge on any atom is -0.453 e. The van der Waals surface area contributed by atoms with Gasteiger partial charge in [-0.1, -0.05) is 0 Å². The highest BCUT2D eigenvalue weighted by molar-refractivity contribution is 5.84. The third kappa shape index (κ3) is 1.91. The molecule has 1 aliphatic rings. The van der Waals surface area contributed by atoms with E-state index >= 15 is 0 Å². The summed E-state index contributed by atoms with van der Waals surface area (Å²) in [6.45, 7) is 4.29. The molecular formula is C8H14N2O3. The molecule has 1 heterocycles. The van der Waals surface area contributed by atoms with Crippen LogP contribution in [-0.2, 0) is 9.53 Å². The highest BCUT2D eigenvalue weighted by Gasteiger charge is 2.37. The van der Waals surface area contributed by atoms with Gasteiger partial charge in [0.05, 0.1) is 12.6 Å². The smallest absolute Gasteiger partial charge is 0.410 e. The molecule has 1 fully saturated rings. The second kappa shape index (κ2) is 3.24. The Balaban J connectivity index is 2.77. The Morgan fingerprint density at radius 2 is 2.23 bits per heavy atom. The quantitative estimate of drug-likeness (QED) is 0.577. The molecule has 0 saturated carbocycles. The van der Waals surface area contributed by atoms with E-state index in [1.807, 2.05) is 13.8 Å². The van der Waals surface area contributed by atoms with Crippen LogP contribution in [0, 0.1) is 0 Å².